The average Bonchev–Trinajstić information content (AvgIpc) is 2.72. The maximum absolute atomic E-state index is 13.2. The molecule has 0 atom stereocenters. The first kappa shape index (κ1) is 10.0. The molecular formula is C10H8F2N2S. The minimum Gasteiger partial charge on any atom is -0.376 e. The Hall–Kier alpha value is -1.49. The fraction of sp³-hybridized carbons (Fsp3) is 0.100. The fourth-order valence-electron chi connectivity index (χ4n) is 1.14. The number of rotatable bonds is 3. The van der Waals surface area contributed by atoms with Crippen LogP contribution in [0.3, 0.4) is 0 Å². The van der Waals surface area contributed by atoms with Crippen LogP contribution in [0.4, 0.5) is 14.5 Å². The van der Waals surface area contributed by atoms with Gasteiger partial charge in [-0.2, -0.15) is 0 Å². The number of nitrogens with zero attached hydrogens (tertiary/aromatic N) is 1. The summed E-state index contributed by atoms with van der Waals surface area (Å²) in [6.07, 6.45) is 1.67. The molecule has 0 fully saturated rings. The van der Waals surface area contributed by atoms with Gasteiger partial charge in [-0.25, -0.2) is 13.8 Å². The SMILES string of the molecule is Fc1ccc(F)c(NCc2nccs2)c1. The highest BCUT2D eigenvalue weighted by atomic mass is 32.1. The third-order valence-electron chi connectivity index (χ3n) is 1.84. The highest BCUT2D eigenvalue weighted by Gasteiger charge is 2.03. The highest BCUT2D eigenvalue weighted by molar-refractivity contribution is 7.09. The molecule has 2 aromatic rings. The van der Waals surface area contributed by atoms with Crippen molar-refractivity contribution in [2.75, 3.05) is 5.32 Å². The zero-order valence-electron chi connectivity index (χ0n) is 7.71. The van der Waals surface area contributed by atoms with E-state index in [2.05, 4.69) is 10.3 Å². The van der Waals surface area contributed by atoms with Crippen molar-refractivity contribution < 1.29 is 8.78 Å². The third kappa shape index (κ3) is 2.50. The van der Waals surface area contributed by atoms with Crippen LogP contribution in [0.2, 0.25) is 0 Å². The predicted molar refractivity (Wildman–Crippen MR) is 55.8 cm³/mol. The van der Waals surface area contributed by atoms with Gasteiger partial charge in [-0.15, -0.1) is 11.3 Å². The number of hydrogen-bond donors (Lipinski definition) is 1. The van der Waals surface area contributed by atoms with Crippen LogP contribution in [0.1, 0.15) is 5.01 Å². The molecule has 0 aliphatic heterocycles. The molecule has 0 saturated carbocycles. The summed E-state index contributed by atoms with van der Waals surface area (Å²) in [7, 11) is 0. The molecule has 0 amide bonds. The summed E-state index contributed by atoms with van der Waals surface area (Å²) in [5.74, 6) is -0.925. The van der Waals surface area contributed by atoms with Gasteiger partial charge in [-0.1, -0.05) is 0 Å². The van der Waals surface area contributed by atoms with E-state index in [0.717, 1.165) is 23.2 Å². The lowest BCUT2D eigenvalue weighted by Crippen LogP contribution is -2.01. The molecule has 0 bridgehead atoms. The molecule has 2 nitrogen and oxygen atoms in total. The summed E-state index contributed by atoms with van der Waals surface area (Å²) in [6, 6.07) is 3.31. The number of hydrogen-bond acceptors (Lipinski definition) is 3. The first-order valence-electron chi connectivity index (χ1n) is 4.33. The summed E-state index contributed by atoms with van der Waals surface area (Å²) >= 11 is 1.46. The van der Waals surface area contributed by atoms with Crippen molar-refractivity contribution in [2.24, 2.45) is 0 Å². The molecule has 1 aromatic heterocycles. The van der Waals surface area contributed by atoms with E-state index in [1.165, 1.54) is 11.3 Å². The standard InChI is InChI=1S/C10H8F2N2S/c11-7-1-2-8(12)9(5-7)14-6-10-13-3-4-15-10/h1-5,14H,6H2. The van der Waals surface area contributed by atoms with E-state index in [0.29, 0.717) is 6.54 Å². The number of halogens is 2. The first-order chi connectivity index (χ1) is 7.25. The Bertz CT molecular complexity index is 443. The zero-order valence-corrected chi connectivity index (χ0v) is 8.52. The second kappa shape index (κ2) is 4.35. The van der Waals surface area contributed by atoms with Crippen molar-refractivity contribution in [2.45, 2.75) is 6.54 Å². The topological polar surface area (TPSA) is 24.9 Å². The monoisotopic (exact) mass is 226 g/mol. The van der Waals surface area contributed by atoms with Gasteiger partial charge in [0, 0.05) is 11.6 Å². The quantitative estimate of drug-likeness (QED) is 0.870. The van der Waals surface area contributed by atoms with E-state index in [-0.39, 0.29) is 5.69 Å². The van der Waals surface area contributed by atoms with Gasteiger partial charge in [0.1, 0.15) is 16.6 Å². The summed E-state index contributed by atoms with van der Waals surface area (Å²) in [4.78, 5) is 4.02. The Labute approximate surface area is 89.6 Å². The Morgan fingerprint density at radius 3 is 2.93 bits per heavy atom. The Morgan fingerprint density at radius 2 is 2.20 bits per heavy atom. The highest BCUT2D eigenvalue weighted by Crippen LogP contribution is 2.16. The van der Waals surface area contributed by atoms with E-state index >= 15 is 0 Å². The van der Waals surface area contributed by atoms with E-state index in [9.17, 15) is 8.78 Å². The van der Waals surface area contributed by atoms with Crippen molar-refractivity contribution in [1.29, 1.82) is 0 Å². The minimum atomic E-state index is -0.465. The van der Waals surface area contributed by atoms with E-state index < -0.39 is 11.6 Å². The van der Waals surface area contributed by atoms with Crippen LogP contribution >= 0.6 is 11.3 Å². The summed E-state index contributed by atoms with van der Waals surface area (Å²) < 4.78 is 25.9. The lowest BCUT2D eigenvalue weighted by Gasteiger charge is -2.05. The van der Waals surface area contributed by atoms with Crippen LogP contribution in [0.5, 0.6) is 0 Å². The van der Waals surface area contributed by atoms with Crippen LogP contribution in [0.25, 0.3) is 0 Å². The predicted octanol–water partition coefficient (Wildman–Crippen LogP) is 3.03. The Balaban J connectivity index is 2.07. The Kier molecular flexibility index (Phi) is 2.91. The molecule has 1 heterocycles. The number of anilines is 1. The molecule has 78 valence electrons. The molecular weight excluding hydrogens is 218 g/mol. The minimum absolute atomic E-state index is 0.158. The summed E-state index contributed by atoms with van der Waals surface area (Å²) in [5.41, 5.74) is 0.158. The molecule has 1 N–H and O–H groups in total. The number of nitrogens with one attached hydrogen (secondary N) is 1. The average molecular weight is 226 g/mol. The second-order valence-corrected chi connectivity index (χ2v) is 3.88. The van der Waals surface area contributed by atoms with Gasteiger partial charge in [0.05, 0.1) is 12.2 Å². The maximum Gasteiger partial charge on any atom is 0.146 e. The molecule has 0 radical (unpaired) electrons. The van der Waals surface area contributed by atoms with Crippen molar-refractivity contribution in [3.63, 3.8) is 0 Å². The number of thiazole rings is 1. The zero-order chi connectivity index (χ0) is 10.7. The summed E-state index contributed by atoms with van der Waals surface area (Å²) in [6.45, 7) is 0.401. The largest absolute Gasteiger partial charge is 0.376 e. The van der Waals surface area contributed by atoms with Crippen LogP contribution < -0.4 is 5.32 Å². The van der Waals surface area contributed by atoms with Crippen LogP contribution in [-0.2, 0) is 6.54 Å². The first-order valence-corrected chi connectivity index (χ1v) is 5.21. The molecule has 0 aliphatic rings. The molecule has 0 spiro atoms. The molecule has 0 saturated heterocycles. The maximum atomic E-state index is 13.2. The molecule has 1 aromatic carbocycles. The van der Waals surface area contributed by atoms with Gasteiger partial charge < -0.3 is 5.32 Å². The van der Waals surface area contributed by atoms with E-state index in [1.54, 1.807) is 6.20 Å². The van der Waals surface area contributed by atoms with Crippen molar-refractivity contribution >= 4 is 17.0 Å². The van der Waals surface area contributed by atoms with Crippen LogP contribution in [0.15, 0.2) is 29.8 Å². The smallest absolute Gasteiger partial charge is 0.146 e. The second-order valence-electron chi connectivity index (χ2n) is 2.90. The lowest BCUT2D eigenvalue weighted by atomic mass is 10.3. The number of benzene rings is 1. The van der Waals surface area contributed by atoms with E-state index in [1.807, 2.05) is 5.38 Å². The van der Waals surface area contributed by atoms with Gasteiger partial charge in [0.25, 0.3) is 0 Å². The molecule has 2 rings (SSSR count). The van der Waals surface area contributed by atoms with Crippen LogP contribution in [0, 0.1) is 11.6 Å². The van der Waals surface area contributed by atoms with E-state index in [4.69, 9.17) is 0 Å². The fourth-order valence-corrected chi connectivity index (χ4v) is 1.70. The normalized spacial score (nSPS) is 10.3. The van der Waals surface area contributed by atoms with Gasteiger partial charge >= 0.3 is 0 Å². The van der Waals surface area contributed by atoms with Gasteiger partial charge in [0.15, 0.2) is 0 Å². The van der Waals surface area contributed by atoms with Gasteiger partial charge in [0.2, 0.25) is 0 Å². The number of aromatic nitrogens is 1. The van der Waals surface area contributed by atoms with Crippen molar-refractivity contribution in [1.82, 2.24) is 4.98 Å². The Morgan fingerprint density at radius 1 is 1.33 bits per heavy atom. The lowest BCUT2D eigenvalue weighted by molar-refractivity contribution is 0.602. The van der Waals surface area contributed by atoms with Gasteiger partial charge in [-0.05, 0) is 18.2 Å². The van der Waals surface area contributed by atoms with Crippen molar-refractivity contribution in [3.8, 4) is 0 Å². The molecule has 0 unspecified atom stereocenters. The molecule has 0 aliphatic carbocycles. The van der Waals surface area contributed by atoms with Gasteiger partial charge in [-0.3, -0.25) is 0 Å². The molecule has 15 heavy (non-hydrogen) atoms. The molecule has 5 heteroatoms. The van der Waals surface area contributed by atoms with Crippen molar-refractivity contribution in [3.05, 3.63) is 46.4 Å². The van der Waals surface area contributed by atoms with Crippen LogP contribution in [-0.4, -0.2) is 4.98 Å². The summed E-state index contributed by atoms with van der Waals surface area (Å²) in [5, 5.41) is 5.45. The third-order valence-corrected chi connectivity index (χ3v) is 2.62.